The number of imidazole rings is 1. The number of amides is 2. The Morgan fingerprint density at radius 1 is 1.12 bits per heavy atom. The molecule has 7 nitrogen and oxygen atoms in total. The zero-order valence-electron chi connectivity index (χ0n) is 18.5. The molecule has 1 saturated carbocycles. The van der Waals surface area contributed by atoms with Crippen LogP contribution >= 0.6 is 0 Å². The van der Waals surface area contributed by atoms with Crippen LogP contribution in [0, 0.1) is 0 Å². The lowest BCUT2D eigenvalue weighted by molar-refractivity contribution is 0.185. The minimum atomic E-state index is -0.262. The number of carbonyl (C=O) groups is 1. The molecular formula is C25H31N5O2. The van der Waals surface area contributed by atoms with E-state index in [0.717, 1.165) is 60.1 Å². The Morgan fingerprint density at radius 3 is 2.56 bits per heavy atom. The average Bonchev–Trinajstić information content (AvgIpc) is 3.57. The van der Waals surface area contributed by atoms with E-state index in [-0.39, 0.29) is 18.1 Å². The number of hydrogen-bond acceptors (Lipinski definition) is 4. The van der Waals surface area contributed by atoms with Crippen LogP contribution in [0.15, 0.2) is 48.5 Å². The largest absolute Gasteiger partial charge is 0.497 e. The predicted molar refractivity (Wildman–Crippen MR) is 125 cm³/mol. The van der Waals surface area contributed by atoms with E-state index in [2.05, 4.69) is 20.5 Å². The fraction of sp³-hybridized carbons (Fsp3) is 0.440. The molecule has 32 heavy (non-hydrogen) atoms. The third-order valence-corrected chi connectivity index (χ3v) is 6.57. The number of carbonyl (C=O) groups excluding carboxylic acids is 1. The van der Waals surface area contributed by atoms with Crippen LogP contribution in [-0.4, -0.2) is 53.2 Å². The first-order valence-electron chi connectivity index (χ1n) is 11.6. The number of urea groups is 1. The van der Waals surface area contributed by atoms with Crippen molar-refractivity contribution in [2.24, 2.45) is 0 Å². The van der Waals surface area contributed by atoms with Crippen molar-refractivity contribution in [2.75, 3.05) is 20.2 Å². The van der Waals surface area contributed by atoms with Gasteiger partial charge >= 0.3 is 6.03 Å². The zero-order valence-corrected chi connectivity index (χ0v) is 18.5. The minimum absolute atomic E-state index is 0.131. The second-order valence-electron chi connectivity index (χ2n) is 8.90. The van der Waals surface area contributed by atoms with Crippen molar-refractivity contribution >= 4 is 17.1 Å². The topological polar surface area (TPSA) is 82.3 Å². The van der Waals surface area contributed by atoms with E-state index < -0.39 is 0 Å². The van der Waals surface area contributed by atoms with Crippen LogP contribution in [0.25, 0.3) is 11.0 Å². The maximum absolute atomic E-state index is 12.9. The highest BCUT2D eigenvalue weighted by atomic mass is 16.5. The maximum Gasteiger partial charge on any atom is 0.315 e. The second-order valence-corrected chi connectivity index (χ2v) is 8.90. The number of likely N-dealkylation sites (tertiary alicyclic amines) is 1. The van der Waals surface area contributed by atoms with Gasteiger partial charge in [0.05, 0.1) is 24.2 Å². The summed E-state index contributed by atoms with van der Waals surface area (Å²) in [5.74, 6) is 1.58. The van der Waals surface area contributed by atoms with Crippen LogP contribution in [0.3, 0.4) is 0 Å². The molecule has 1 aliphatic carbocycles. The van der Waals surface area contributed by atoms with E-state index in [4.69, 9.17) is 9.72 Å². The van der Waals surface area contributed by atoms with Crippen molar-refractivity contribution in [1.29, 1.82) is 0 Å². The number of benzene rings is 2. The first kappa shape index (κ1) is 20.8. The van der Waals surface area contributed by atoms with Gasteiger partial charge < -0.3 is 25.3 Å². The number of hydrogen-bond donors (Lipinski definition) is 3. The van der Waals surface area contributed by atoms with Crippen LogP contribution in [0.2, 0.25) is 0 Å². The van der Waals surface area contributed by atoms with Crippen molar-refractivity contribution < 1.29 is 9.53 Å². The van der Waals surface area contributed by atoms with Gasteiger partial charge in [0.25, 0.3) is 0 Å². The Morgan fingerprint density at radius 2 is 1.88 bits per heavy atom. The molecule has 1 aliphatic heterocycles. The molecule has 2 heterocycles. The number of aromatic nitrogens is 2. The van der Waals surface area contributed by atoms with Crippen molar-refractivity contribution in [1.82, 2.24) is 25.5 Å². The first-order chi connectivity index (χ1) is 15.7. The summed E-state index contributed by atoms with van der Waals surface area (Å²) in [7, 11) is 1.66. The van der Waals surface area contributed by atoms with Gasteiger partial charge in [-0.3, -0.25) is 0 Å². The maximum atomic E-state index is 12.9. The summed E-state index contributed by atoms with van der Waals surface area (Å²) >= 11 is 0. The monoisotopic (exact) mass is 433 g/mol. The summed E-state index contributed by atoms with van der Waals surface area (Å²) in [5.41, 5.74) is 2.98. The lowest BCUT2D eigenvalue weighted by Gasteiger charge is -2.32. The first-order valence-corrected chi connectivity index (χ1v) is 11.6. The zero-order chi connectivity index (χ0) is 21.9. The normalized spacial score (nSPS) is 18.4. The van der Waals surface area contributed by atoms with E-state index in [1.165, 1.54) is 12.8 Å². The number of nitrogens with one attached hydrogen (secondary N) is 3. The van der Waals surface area contributed by atoms with Gasteiger partial charge in [-0.1, -0.05) is 24.3 Å². The molecule has 5 rings (SSSR count). The molecular weight excluding hydrogens is 402 g/mol. The van der Waals surface area contributed by atoms with E-state index in [0.29, 0.717) is 6.42 Å². The van der Waals surface area contributed by atoms with Crippen LogP contribution in [0.5, 0.6) is 5.75 Å². The lowest BCUT2D eigenvalue weighted by Crippen LogP contribution is -2.49. The minimum Gasteiger partial charge on any atom is -0.497 e. The third kappa shape index (κ3) is 4.88. The number of nitrogens with zero attached hydrogens (tertiary/aromatic N) is 2. The fourth-order valence-corrected chi connectivity index (χ4v) is 4.58. The number of fused-ring (bicyclic) bond motifs is 1. The molecule has 2 fully saturated rings. The number of aromatic amines is 1. The van der Waals surface area contributed by atoms with Gasteiger partial charge in [-0.05, 0) is 61.9 Å². The van der Waals surface area contributed by atoms with E-state index >= 15 is 0 Å². The van der Waals surface area contributed by atoms with E-state index in [9.17, 15) is 4.79 Å². The average molecular weight is 434 g/mol. The molecule has 1 aromatic heterocycles. The quantitative estimate of drug-likeness (QED) is 0.530. The van der Waals surface area contributed by atoms with Gasteiger partial charge in [0.2, 0.25) is 0 Å². The van der Waals surface area contributed by atoms with Gasteiger partial charge in [-0.25, -0.2) is 9.78 Å². The Bertz CT molecular complexity index is 1020. The summed E-state index contributed by atoms with van der Waals surface area (Å²) in [5, 5.41) is 6.37. The molecule has 3 N–H and O–H groups in total. The van der Waals surface area contributed by atoms with Crippen LogP contribution < -0.4 is 15.4 Å². The van der Waals surface area contributed by atoms with Crippen molar-refractivity contribution in [2.45, 2.75) is 50.2 Å². The SMILES string of the molecule is COc1ccc(CC(NC(=O)NC2CCN(C3CC3)CC2)c2nc3ccccc3[nH]2)cc1. The molecule has 1 saturated heterocycles. The van der Waals surface area contributed by atoms with Crippen LogP contribution in [0.4, 0.5) is 4.79 Å². The molecule has 0 spiro atoms. The number of ether oxygens (including phenoxy) is 1. The molecule has 2 aliphatic rings. The highest BCUT2D eigenvalue weighted by Crippen LogP contribution is 2.29. The molecule has 0 bridgehead atoms. The number of methoxy groups -OCH3 is 1. The molecule has 168 valence electrons. The van der Waals surface area contributed by atoms with Crippen molar-refractivity contribution in [3.8, 4) is 5.75 Å². The molecule has 7 heteroatoms. The van der Waals surface area contributed by atoms with E-state index in [1.807, 2.05) is 48.5 Å². The Balaban J connectivity index is 1.27. The fourth-order valence-electron chi connectivity index (χ4n) is 4.58. The molecule has 3 aromatic rings. The molecule has 2 amide bonds. The third-order valence-electron chi connectivity index (χ3n) is 6.57. The second kappa shape index (κ2) is 9.20. The Hall–Kier alpha value is -3.06. The number of H-pyrrole nitrogens is 1. The van der Waals surface area contributed by atoms with Crippen molar-refractivity contribution in [3.05, 3.63) is 59.9 Å². The van der Waals surface area contributed by atoms with Crippen LogP contribution in [-0.2, 0) is 6.42 Å². The summed E-state index contributed by atoms with van der Waals surface area (Å²) < 4.78 is 5.27. The molecule has 2 aromatic carbocycles. The smallest absolute Gasteiger partial charge is 0.315 e. The van der Waals surface area contributed by atoms with E-state index in [1.54, 1.807) is 7.11 Å². The Kier molecular flexibility index (Phi) is 5.99. The summed E-state index contributed by atoms with van der Waals surface area (Å²) in [6.07, 6.45) is 5.33. The van der Waals surface area contributed by atoms with Gasteiger partial charge in [0, 0.05) is 25.2 Å². The summed E-state index contributed by atoms with van der Waals surface area (Å²) in [6, 6.07) is 16.5. The lowest BCUT2D eigenvalue weighted by atomic mass is 10.0. The highest BCUT2D eigenvalue weighted by molar-refractivity contribution is 5.76. The van der Waals surface area contributed by atoms with Gasteiger partial charge in [0.15, 0.2) is 0 Å². The van der Waals surface area contributed by atoms with Crippen LogP contribution in [0.1, 0.15) is 43.1 Å². The summed E-state index contributed by atoms with van der Waals surface area (Å²) in [4.78, 5) is 23.6. The molecule has 0 radical (unpaired) electrons. The molecule has 1 unspecified atom stereocenters. The van der Waals surface area contributed by atoms with Gasteiger partial charge in [0.1, 0.15) is 11.6 Å². The highest BCUT2D eigenvalue weighted by Gasteiger charge is 2.32. The number of rotatable bonds is 7. The van der Waals surface area contributed by atoms with Crippen molar-refractivity contribution in [3.63, 3.8) is 0 Å². The number of piperidine rings is 1. The standard InChI is InChI=1S/C25H31N5O2/c1-32-20-10-6-17(7-11-20)16-23(24-27-21-4-2-3-5-22(21)28-24)29-25(31)26-18-12-14-30(15-13-18)19-8-9-19/h2-7,10-11,18-19,23H,8-9,12-16H2,1H3,(H,27,28)(H2,26,29,31). The number of para-hydroxylation sites is 2. The predicted octanol–water partition coefficient (Wildman–Crippen LogP) is 3.78. The summed E-state index contributed by atoms with van der Waals surface area (Å²) in [6.45, 7) is 2.16. The van der Waals surface area contributed by atoms with Gasteiger partial charge in [-0.2, -0.15) is 0 Å². The molecule has 1 atom stereocenters. The Labute approximate surface area is 188 Å². The van der Waals surface area contributed by atoms with Gasteiger partial charge in [-0.15, -0.1) is 0 Å².